The molecule has 0 aromatic carbocycles. The highest BCUT2D eigenvalue weighted by molar-refractivity contribution is 5.92. The Balaban J connectivity index is 2.00. The first-order valence-electron chi connectivity index (χ1n) is 6.61. The predicted octanol–water partition coefficient (Wildman–Crippen LogP) is 0.663. The Kier molecular flexibility index (Phi) is 4.85. The van der Waals surface area contributed by atoms with Crippen LogP contribution in [0.1, 0.15) is 23.8 Å². The van der Waals surface area contributed by atoms with Crippen molar-refractivity contribution in [3.05, 3.63) is 18.1 Å². The molecule has 7 heteroatoms. The number of anilines is 1. The predicted molar refractivity (Wildman–Crippen MR) is 72.1 cm³/mol. The fourth-order valence-corrected chi connectivity index (χ4v) is 1.86. The van der Waals surface area contributed by atoms with Gasteiger partial charge in [-0.2, -0.15) is 5.26 Å². The Morgan fingerprint density at radius 3 is 3.10 bits per heavy atom. The molecule has 20 heavy (non-hydrogen) atoms. The normalized spacial score (nSPS) is 18.4. The van der Waals surface area contributed by atoms with E-state index < -0.39 is 6.10 Å². The van der Waals surface area contributed by atoms with Crippen molar-refractivity contribution < 1.29 is 9.53 Å². The SMILES string of the molecule is CCCNc1cnc(C(=O)N2CCOC(C#N)C2)cn1. The first kappa shape index (κ1) is 14.2. The summed E-state index contributed by atoms with van der Waals surface area (Å²) in [5.41, 5.74) is 0.283. The minimum Gasteiger partial charge on any atom is -0.369 e. The van der Waals surface area contributed by atoms with E-state index in [4.69, 9.17) is 10.00 Å². The molecule has 1 atom stereocenters. The van der Waals surface area contributed by atoms with Gasteiger partial charge in [-0.1, -0.05) is 6.92 Å². The molecule has 1 aromatic rings. The van der Waals surface area contributed by atoms with Gasteiger partial charge in [-0.3, -0.25) is 4.79 Å². The summed E-state index contributed by atoms with van der Waals surface area (Å²) in [6.07, 6.45) is 3.43. The molecule has 1 aliphatic rings. The van der Waals surface area contributed by atoms with Gasteiger partial charge in [0.2, 0.25) is 0 Å². The van der Waals surface area contributed by atoms with Crippen LogP contribution in [0.25, 0.3) is 0 Å². The Bertz CT molecular complexity index is 496. The average Bonchev–Trinajstić information content (AvgIpc) is 2.52. The molecule has 1 amide bonds. The maximum absolute atomic E-state index is 12.2. The number of nitrogens with one attached hydrogen (secondary N) is 1. The summed E-state index contributed by atoms with van der Waals surface area (Å²) in [5.74, 6) is 0.434. The molecule has 106 valence electrons. The number of hydrogen-bond donors (Lipinski definition) is 1. The maximum Gasteiger partial charge on any atom is 0.274 e. The number of aromatic nitrogens is 2. The summed E-state index contributed by atoms with van der Waals surface area (Å²) in [5, 5.41) is 11.9. The summed E-state index contributed by atoms with van der Waals surface area (Å²) < 4.78 is 5.21. The maximum atomic E-state index is 12.2. The lowest BCUT2D eigenvalue weighted by Gasteiger charge is -2.29. The van der Waals surface area contributed by atoms with E-state index in [0.29, 0.717) is 19.0 Å². The first-order chi connectivity index (χ1) is 9.74. The minimum atomic E-state index is -0.564. The van der Waals surface area contributed by atoms with Crippen LogP contribution in [0.15, 0.2) is 12.4 Å². The van der Waals surface area contributed by atoms with Gasteiger partial charge in [0, 0.05) is 13.1 Å². The van der Waals surface area contributed by atoms with Gasteiger partial charge in [0.25, 0.3) is 5.91 Å². The van der Waals surface area contributed by atoms with E-state index in [2.05, 4.69) is 22.2 Å². The largest absolute Gasteiger partial charge is 0.369 e. The minimum absolute atomic E-state index is 0.219. The van der Waals surface area contributed by atoms with Crippen LogP contribution in [0, 0.1) is 11.3 Å². The standard InChI is InChI=1S/C13H17N5O2/c1-2-3-15-12-8-16-11(7-17-12)13(19)18-4-5-20-10(6-14)9-18/h7-8,10H,2-5,9H2,1H3,(H,15,17). The van der Waals surface area contributed by atoms with Gasteiger partial charge in [0.15, 0.2) is 6.10 Å². The molecule has 2 rings (SSSR count). The number of ether oxygens (including phenoxy) is 1. The van der Waals surface area contributed by atoms with Crippen LogP contribution < -0.4 is 5.32 Å². The Hall–Kier alpha value is -2.20. The van der Waals surface area contributed by atoms with Gasteiger partial charge in [-0.25, -0.2) is 9.97 Å². The molecule has 2 heterocycles. The number of carbonyl (C=O) groups is 1. The summed E-state index contributed by atoms with van der Waals surface area (Å²) in [6, 6.07) is 2.01. The van der Waals surface area contributed by atoms with Crippen LogP contribution in [0.2, 0.25) is 0 Å². The van der Waals surface area contributed by atoms with Crippen molar-refractivity contribution in [2.45, 2.75) is 19.4 Å². The third-order valence-corrected chi connectivity index (χ3v) is 2.92. The zero-order chi connectivity index (χ0) is 14.4. The molecule has 0 saturated carbocycles. The van der Waals surface area contributed by atoms with Gasteiger partial charge in [-0.05, 0) is 6.42 Å². The topological polar surface area (TPSA) is 91.1 Å². The van der Waals surface area contributed by atoms with Crippen LogP contribution >= 0.6 is 0 Å². The molecule has 0 radical (unpaired) electrons. The van der Waals surface area contributed by atoms with Crippen molar-refractivity contribution in [1.82, 2.24) is 14.9 Å². The molecule has 1 aromatic heterocycles. The molecule has 1 N–H and O–H groups in total. The molecular formula is C13H17N5O2. The lowest BCUT2D eigenvalue weighted by molar-refractivity contribution is 0.00318. The monoisotopic (exact) mass is 275 g/mol. The summed E-state index contributed by atoms with van der Waals surface area (Å²) in [4.78, 5) is 22.1. The van der Waals surface area contributed by atoms with E-state index in [9.17, 15) is 4.79 Å². The molecule has 1 saturated heterocycles. The highest BCUT2D eigenvalue weighted by Gasteiger charge is 2.25. The van der Waals surface area contributed by atoms with Gasteiger partial charge in [0.05, 0.1) is 31.6 Å². The van der Waals surface area contributed by atoms with E-state index in [1.54, 1.807) is 11.1 Å². The van der Waals surface area contributed by atoms with E-state index in [1.807, 2.05) is 6.07 Å². The number of nitrogens with zero attached hydrogens (tertiary/aromatic N) is 4. The van der Waals surface area contributed by atoms with E-state index in [1.165, 1.54) is 6.20 Å². The summed E-state index contributed by atoms with van der Waals surface area (Å²) in [6.45, 7) is 3.98. The van der Waals surface area contributed by atoms with Crippen LogP contribution in [0.5, 0.6) is 0 Å². The van der Waals surface area contributed by atoms with Crippen molar-refractivity contribution >= 4 is 11.7 Å². The van der Waals surface area contributed by atoms with Crippen molar-refractivity contribution in [3.8, 4) is 6.07 Å². The Morgan fingerprint density at radius 1 is 1.60 bits per heavy atom. The van der Waals surface area contributed by atoms with Gasteiger partial charge in [-0.15, -0.1) is 0 Å². The van der Waals surface area contributed by atoms with Crippen molar-refractivity contribution in [2.75, 3.05) is 31.6 Å². The average molecular weight is 275 g/mol. The highest BCUT2D eigenvalue weighted by Crippen LogP contribution is 2.09. The highest BCUT2D eigenvalue weighted by atomic mass is 16.5. The summed E-state index contributed by atoms with van der Waals surface area (Å²) in [7, 11) is 0. The van der Waals surface area contributed by atoms with Gasteiger partial charge in [0.1, 0.15) is 11.5 Å². The van der Waals surface area contributed by atoms with Crippen LogP contribution in [-0.4, -0.2) is 53.1 Å². The number of rotatable bonds is 4. The number of nitriles is 1. The number of amides is 1. The number of carbonyl (C=O) groups excluding carboxylic acids is 1. The van der Waals surface area contributed by atoms with Crippen LogP contribution in [0.4, 0.5) is 5.82 Å². The Morgan fingerprint density at radius 2 is 2.45 bits per heavy atom. The molecule has 0 bridgehead atoms. The van der Waals surface area contributed by atoms with Crippen molar-refractivity contribution in [2.24, 2.45) is 0 Å². The van der Waals surface area contributed by atoms with Crippen LogP contribution in [0.3, 0.4) is 0 Å². The zero-order valence-corrected chi connectivity index (χ0v) is 11.4. The fourth-order valence-electron chi connectivity index (χ4n) is 1.86. The molecular weight excluding hydrogens is 258 g/mol. The van der Waals surface area contributed by atoms with Gasteiger partial charge < -0.3 is 15.0 Å². The lowest BCUT2D eigenvalue weighted by atomic mass is 10.2. The smallest absolute Gasteiger partial charge is 0.274 e. The second-order valence-corrected chi connectivity index (χ2v) is 4.45. The number of hydrogen-bond acceptors (Lipinski definition) is 6. The molecule has 0 spiro atoms. The molecule has 7 nitrogen and oxygen atoms in total. The lowest BCUT2D eigenvalue weighted by Crippen LogP contribution is -2.45. The quantitative estimate of drug-likeness (QED) is 0.868. The van der Waals surface area contributed by atoms with E-state index >= 15 is 0 Å². The fraction of sp³-hybridized carbons (Fsp3) is 0.538. The van der Waals surface area contributed by atoms with E-state index in [-0.39, 0.29) is 18.1 Å². The third kappa shape index (κ3) is 3.42. The molecule has 0 aliphatic carbocycles. The van der Waals surface area contributed by atoms with Crippen molar-refractivity contribution in [3.63, 3.8) is 0 Å². The number of morpholine rings is 1. The third-order valence-electron chi connectivity index (χ3n) is 2.92. The Labute approximate surface area is 117 Å². The van der Waals surface area contributed by atoms with Gasteiger partial charge >= 0.3 is 0 Å². The first-order valence-corrected chi connectivity index (χ1v) is 6.61. The molecule has 1 unspecified atom stereocenters. The second kappa shape index (κ2) is 6.82. The summed E-state index contributed by atoms with van der Waals surface area (Å²) >= 11 is 0. The zero-order valence-electron chi connectivity index (χ0n) is 11.4. The van der Waals surface area contributed by atoms with Crippen LogP contribution in [-0.2, 0) is 4.74 Å². The molecule has 1 aliphatic heterocycles. The van der Waals surface area contributed by atoms with Crippen molar-refractivity contribution in [1.29, 1.82) is 5.26 Å². The second-order valence-electron chi connectivity index (χ2n) is 4.45. The van der Waals surface area contributed by atoms with E-state index in [0.717, 1.165) is 13.0 Å². The molecule has 1 fully saturated rings.